The van der Waals surface area contributed by atoms with Crippen LogP contribution >= 0.6 is 0 Å². The number of hydrogen-bond donors (Lipinski definition) is 1. The van der Waals surface area contributed by atoms with Crippen LogP contribution in [-0.2, 0) is 14.3 Å². The van der Waals surface area contributed by atoms with E-state index in [4.69, 9.17) is 4.74 Å². The molecule has 0 spiro atoms. The summed E-state index contributed by atoms with van der Waals surface area (Å²) in [5.74, 6) is 0.154. The quantitative estimate of drug-likeness (QED) is 0.435. The van der Waals surface area contributed by atoms with E-state index < -0.39 is 11.0 Å². The van der Waals surface area contributed by atoms with Gasteiger partial charge in [-0.2, -0.15) is 0 Å². The highest BCUT2D eigenvalue weighted by Crippen LogP contribution is 2.43. The summed E-state index contributed by atoms with van der Waals surface area (Å²) in [4.78, 5) is 42.8. The molecular formula is C28H47N3O4. The molecule has 0 aromatic heterocycles. The van der Waals surface area contributed by atoms with E-state index in [0.29, 0.717) is 45.3 Å². The highest BCUT2D eigenvalue weighted by Gasteiger charge is 2.44. The van der Waals surface area contributed by atoms with Crippen molar-refractivity contribution in [1.82, 2.24) is 15.1 Å². The van der Waals surface area contributed by atoms with Crippen LogP contribution in [-0.4, -0.2) is 66.0 Å². The Morgan fingerprint density at radius 2 is 1.66 bits per heavy atom. The van der Waals surface area contributed by atoms with E-state index in [1.54, 1.807) is 9.80 Å². The maximum Gasteiger partial charge on any atom is 0.410 e. The molecule has 1 heterocycles. The molecule has 1 N–H and O–H groups in total. The van der Waals surface area contributed by atoms with Gasteiger partial charge in [-0.3, -0.25) is 9.59 Å². The molecule has 1 unspecified atom stereocenters. The molecule has 0 radical (unpaired) electrons. The number of hydrogen-bond acceptors (Lipinski definition) is 4. The highest BCUT2D eigenvalue weighted by atomic mass is 16.6. The Labute approximate surface area is 212 Å². The molecule has 0 aromatic rings. The number of nitrogens with zero attached hydrogens (tertiary/aromatic N) is 2. The lowest BCUT2D eigenvalue weighted by atomic mass is 9.74. The first kappa shape index (κ1) is 28.9. The fourth-order valence-electron chi connectivity index (χ4n) is 5.39. The van der Waals surface area contributed by atoms with Gasteiger partial charge in [-0.15, -0.1) is 13.2 Å². The summed E-state index contributed by atoms with van der Waals surface area (Å²) >= 11 is 0. The number of nitrogens with one attached hydrogen (secondary N) is 1. The van der Waals surface area contributed by atoms with E-state index in [-0.39, 0.29) is 29.4 Å². The average molecular weight is 490 g/mol. The maximum atomic E-state index is 13.5. The van der Waals surface area contributed by atoms with Crippen molar-refractivity contribution in [3.63, 3.8) is 0 Å². The minimum atomic E-state index is -0.551. The lowest BCUT2D eigenvalue weighted by molar-refractivity contribution is -0.143. The number of likely N-dealkylation sites (tertiary alicyclic amines) is 1. The summed E-state index contributed by atoms with van der Waals surface area (Å²) in [5, 5.41) is 3.13. The summed E-state index contributed by atoms with van der Waals surface area (Å²) in [6.07, 6.45) is 10.6. The van der Waals surface area contributed by atoms with Gasteiger partial charge >= 0.3 is 6.09 Å². The number of carbonyl (C=O) groups excluding carboxylic acids is 3. The Kier molecular flexibility index (Phi) is 9.99. The van der Waals surface area contributed by atoms with Gasteiger partial charge in [0.15, 0.2) is 0 Å². The van der Waals surface area contributed by atoms with Gasteiger partial charge < -0.3 is 19.9 Å². The van der Waals surface area contributed by atoms with Gasteiger partial charge in [0.25, 0.3) is 0 Å². The van der Waals surface area contributed by atoms with Crippen LogP contribution in [0.5, 0.6) is 0 Å². The highest BCUT2D eigenvalue weighted by molar-refractivity contribution is 5.84. The third-order valence-electron chi connectivity index (χ3n) is 7.77. The van der Waals surface area contributed by atoms with E-state index >= 15 is 0 Å². The van der Waals surface area contributed by atoms with Gasteiger partial charge in [-0.25, -0.2) is 4.79 Å². The van der Waals surface area contributed by atoms with Crippen molar-refractivity contribution in [3.8, 4) is 0 Å². The molecular weight excluding hydrogens is 442 g/mol. The van der Waals surface area contributed by atoms with Gasteiger partial charge in [0.05, 0.1) is 10.8 Å². The summed E-state index contributed by atoms with van der Waals surface area (Å²) in [7, 11) is 1.84. The number of likely N-dealkylation sites (N-methyl/N-ethyl adjacent to an activating group) is 1. The van der Waals surface area contributed by atoms with E-state index in [2.05, 4.69) is 18.5 Å². The molecule has 3 amide bonds. The molecule has 1 saturated heterocycles. The van der Waals surface area contributed by atoms with E-state index in [1.807, 2.05) is 46.9 Å². The van der Waals surface area contributed by atoms with Crippen molar-refractivity contribution in [1.29, 1.82) is 0 Å². The molecule has 7 heteroatoms. The van der Waals surface area contributed by atoms with Gasteiger partial charge in [0.1, 0.15) is 5.60 Å². The van der Waals surface area contributed by atoms with Crippen LogP contribution in [0.15, 0.2) is 25.3 Å². The smallest absolute Gasteiger partial charge is 0.410 e. The van der Waals surface area contributed by atoms with E-state index in [1.165, 1.54) is 0 Å². The monoisotopic (exact) mass is 489 g/mol. The predicted octanol–water partition coefficient (Wildman–Crippen LogP) is 5.07. The number of allylic oxidation sites excluding steroid dienone is 2. The Morgan fingerprint density at radius 1 is 1.06 bits per heavy atom. The molecule has 7 nitrogen and oxygen atoms in total. The SMILES string of the molecule is C=CCCC1(C(=O)NCC(C)N(C)C(=O)C2(CC=C)CCCC2)CCN(C(=O)OC(C)(C)C)CC1. The lowest BCUT2D eigenvalue weighted by Gasteiger charge is -2.41. The second kappa shape index (κ2) is 12.1. The molecule has 1 aliphatic heterocycles. The van der Waals surface area contributed by atoms with Crippen molar-refractivity contribution in [2.45, 2.75) is 97.1 Å². The van der Waals surface area contributed by atoms with Crippen molar-refractivity contribution in [3.05, 3.63) is 25.3 Å². The summed E-state index contributed by atoms with van der Waals surface area (Å²) < 4.78 is 5.51. The first-order chi connectivity index (χ1) is 16.4. The second-order valence-electron chi connectivity index (χ2n) is 11.5. The molecule has 2 rings (SSSR count). The molecule has 0 aromatic carbocycles. The third kappa shape index (κ3) is 7.34. The normalized spacial score (nSPS) is 20.0. The van der Waals surface area contributed by atoms with Crippen molar-refractivity contribution >= 4 is 17.9 Å². The molecule has 1 atom stereocenters. The second-order valence-corrected chi connectivity index (χ2v) is 11.5. The van der Waals surface area contributed by atoms with Crippen LogP contribution in [0.1, 0.15) is 85.5 Å². The van der Waals surface area contributed by atoms with Gasteiger partial charge in [0.2, 0.25) is 11.8 Å². The fourth-order valence-corrected chi connectivity index (χ4v) is 5.39. The summed E-state index contributed by atoms with van der Waals surface area (Å²) in [6, 6.07) is -0.118. The van der Waals surface area contributed by atoms with Crippen LogP contribution in [0.3, 0.4) is 0 Å². The van der Waals surface area contributed by atoms with Crippen molar-refractivity contribution < 1.29 is 19.1 Å². The van der Waals surface area contributed by atoms with E-state index in [9.17, 15) is 14.4 Å². The lowest BCUT2D eigenvalue weighted by Crippen LogP contribution is -2.53. The molecule has 198 valence electrons. The first-order valence-electron chi connectivity index (χ1n) is 13.1. The zero-order chi connectivity index (χ0) is 26.3. The van der Waals surface area contributed by atoms with Crippen LogP contribution < -0.4 is 5.32 Å². The summed E-state index contributed by atoms with van der Waals surface area (Å²) in [5.41, 5.74) is -1.44. The minimum Gasteiger partial charge on any atom is -0.444 e. The molecule has 1 saturated carbocycles. The zero-order valence-electron chi connectivity index (χ0n) is 22.7. The number of amides is 3. The topological polar surface area (TPSA) is 79.0 Å². The maximum absolute atomic E-state index is 13.5. The molecule has 2 aliphatic rings. The van der Waals surface area contributed by atoms with Crippen LogP contribution in [0, 0.1) is 10.8 Å². The largest absolute Gasteiger partial charge is 0.444 e. The zero-order valence-corrected chi connectivity index (χ0v) is 22.7. The number of rotatable bonds is 10. The number of piperidine rings is 1. The molecule has 2 fully saturated rings. The molecule has 0 bridgehead atoms. The number of ether oxygens (including phenoxy) is 1. The fraction of sp³-hybridized carbons (Fsp3) is 0.750. The van der Waals surface area contributed by atoms with Gasteiger partial charge in [-0.1, -0.05) is 25.0 Å². The van der Waals surface area contributed by atoms with Crippen LogP contribution in [0.4, 0.5) is 4.79 Å². The number of carbonyl (C=O) groups is 3. The van der Waals surface area contributed by atoms with Crippen LogP contribution in [0.2, 0.25) is 0 Å². The Bertz CT molecular complexity index is 772. The van der Waals surface area contributed by atoms with Gasteiger partial charge in [-0.05, 0) is 72.6 Å². The van der Waals surface area contributed by atoms with E-state index in [0.717, 1.165) is 32.1 Å². The standard InChI is InChI=1S/C28H47N3O4/c1-8-10-14-27(17-19-31(20-18-27)25(34)35-26(4,5)6)23(32)29-21-22(3)30(7)24(33)28(13-9-2)15-11-12-16-28/h8-9,22H,1-2,10-21H2,3-7H3,(H,29,32). The minimum absolute atomic E-state index is 0.00226. The predicted molar refractivity (Wildman–Crippen MR) is 140 cm³/mol. The third-order valence-corrected chi connectivity index (χ3v) is 7.77. The van der Waals surface area contributed by atoms with Gasteiger partial charge in [0, 0.05) is 32.7 Å². The Morgan fingerprint density at radius 3 is 2.17 bits per heavy atom. The Balaban J connectivity index is 1.99. The Hall–Kier alpha value is -2.31. The summed E-state index contributed by atoms with van der Waals surface area (Å²) in [6.45, 7) is 16.6. The van der Waals surface area contributed by atoms with Crippen LogP contribution in [0.25, 0.3) is 0 Å². The van der Waals surface area contributed by atoms with Crippen molar-refractivity contribution in [2.75, 3.05) is 26.7 Å². The molecule has 1 aliphatic carbocycles. The average Bonchev–Trinajstić information content (AvgIpc) is 3.29. The molecule has 35 heavy (non-hydrogen) atoms. The first-order valence-corrected chi connectivity index (χ1v) is 13.1. The van der Waals surface area contributed by atoms with Crippen molar-refractivity contribution in [2.24, 2.45) is 10.8 Å².